The normalized spacial score (nSPS) is 13.8. The zero-order valence-electron chi connectivity index (χ0n) is 11.8. The molecule has 0 aliphatic carbocycles. The smallest absolute Gasteiger partial charge is 0.162 e. The van der Waals surface area contributed by atoms with Crippen molar-refractivity contribution in [2.24, 2.45) is 0 Å². The quantitative estimate of drug-likeness (QED) is 0.879. The third kappa shape index (κ3) is 3.58. The van der Waals surface area contributed by atoms with Crippen molar-refractivity contribution < 1.29 is 9.47 Å². The van der Waals surface area contributed by atoms with Crippen LogP contribution in [0.15, 0.2) is 29.2 Å². The van der Waals surface area contributed by atoms with Crippen molar-refractivity contribution in [1.82, 2.24) is 9.97 Å². The lowest BCUT2D eigenvalue weighted by Crippen LogP contribution is -1.99. The first kappa shape index (κ1) is 14.0. The minimum absolute atomic E-state index is 0.511. The van der Waals surface area contributed by atoms with E-state index in [9.17, 15) is 0 Å². The van der Waals surface area contributed by atoms with Gasteiger partial charge >= 0.3 is 0 Å². The lowest BCUT2D eigenvalue weighted by Gasteiger charge is -2.09. The van der Waals surface area contributed by atoms with E-state index in [0.29, 0.717) is 24.8 Å². The van der Waals surface area contributed by atoms with E-state index in [4.69, 9.17) is 15.2 Å². The second-order valence-electron chi connectivity index (χ2n) is 4.80. The van der Waals surface area contributed by atoms with Gasteiger partial charge in [0.2, 0.25) is 0 Å². The number of anilines is 1. The standard InChI is InChI=1S/C15H17N3O2S/c1-10-7-14(16)18-15(17-10)9-21-11-3-4-12-13(8-11)20-6-2-5-19-12/h3-4,7-8H,2,5-6,9H2,1H3,(H2,16,17,18). The summed E-state index contributed by atoms with van der Waals surface area (Å²) in [7, 11) is 0. The summed E-state index contributed by atoms with van der Waals surface area (Å²) in [6.45, 7) is 3.31. The summed E-state index contributed by atoms with van der Waals surface area (Å²) in [6.07, 6.45) is 0.910. The van der Waals surface area contributed by atoms with Crippen molar-refractivity contribution in [2.45, 2.75) is 24.0 Å². The van der Waals surface area contributed by atoms with E-state index >= 15 is 0 Å². The molecule has 3 rings (SSSR count). The molecular formula is C15H17N3O2S. The maximum atomic E-state index is 5.74. The summed E-state index contributed by atoms with van der Waals surface area (Å²) >= 11 is 1.65. The first-order valence-corrected chi connectivity index (χ1v) is 7.82. The van der Waals surface area contributed by atoms with E-state index in [1.807, 2.05) is 25.1 Å². The van der Waals surface area contributed by atoms with E-state index in [1.54, 1.807) is 17.8 Å². The van der Waals surface area contributed by atoms with E-state index in [2.05, 4.69) is 9.97 Å². The number of nitrogens with two attached hydrogens (primary N) is 1. The number of rotatable bonds is 3. The first-order chi connectivity index (χ1) is 10.2. The maximum absolute atomic E-state index is 5.74. The Balaban J connectivity index is 1.71. The van der Waals surface area contributed by atoms with Gasteiger partial charge in [-0.3, -0.25) is 0 Å². The Morgan fingerprint density at radius 2 is 1.95 bits per heavy atom. The molecule has 5 nitrogen and oxygen atoms in total. The SMILES string of the molecule is Cc1cc(N)nc(CSc2ccc3c(c2)OCCCO3)n1. The predicted octanol–water partition coefficient (Wildman–Crippen LogP) is 2.82. The number of benzene rings is 1. The molecule has 1 aliphatic rings. The molecule has 1 aliphatic heterocycles. The Morgan fingerprint density at radius 1 is 1.14 bits per heavy atom. The molecule has 2 aromatic rings. The average molecular weight is 303 g/mol. The van der Waals surface area contributed by atoms with Crippen molar-refractivity contribution in [1.29, 1.82) is 0 Å². The lowest BCUT2D eigenvalue weighted by atomic mass is 10.3. The number of ether oxygens (including phenoxy) is 2. The molecule has 21 heavy (non-hydrogen) atoms. The van der Waals surface area contributed by atoms with Gasteiger partial charge in [-0.05, 0) is 25.1 Å². The van der Waals surface area contributed by atoms with Gasteiger partial charge in [0.1, 0.15) is 11.6 Å². The molecule has 0 bridgehead atoms. The fourth-order valence-corrected chi connectivity index (χ4v) is 2.88. The minimum Gasteiger partial charge on any atom is -0.490 e. The van der Waals surface area contributed by atoms with Gasteiger partial charge in [-0.25, -0.2) is 9.97 Å². The van der Waals surface area contributed by atoms with Gasteiger partial charge in [-0.15, -0.1) is 11.8 Å². The molecule has 0 fully saturated rings. The Bertz CT molecular complexity index is 629. The molecular weight excluding hydrogens is 286 g/mol. The summed E-state index contributed by atoms with van der Waals surface area (Å²) in [4.78, 5) is 9.73. The summed E-state index contributed by atoms with van der Waals surface area (Å²) in [5.74, 6) is 3.54. The highest BCUT2D eigenvalue weighted by molar-refractivity contribution is 7.98. The molecule has 6 heteroatoms. The fraction of sp³-hybridized carbons (Fsp3) is 0.333. The van der Waals surface area contributed by atoms with Crippen molar-refractivity contribution in [2.75, 3.05) is 18.9 Å². The molecule has 0 spiro atoms. The van der Waals surface area contributed by atoms with Gasteiger partial charge in [-0.1, -0.05) is 0 Å². The van der Waals surface area contributed by atoms with E-state index in [-0.39, 0.29) is 0 Å². The molecule has 0 saturated heterocycles. The number of aryl methyl sites for hydroxylation is 1. The van der Waals surface area contributed by atoms with Crippen molar-refractivity contribution in [3.05, 3.63) is 35.8 Å². The first-order valence-electron chi connectivity index (χ1n) is 6.83. The number of hydrogen-bond donors (Lipinski definition) is 1. The van der Waals surface area contributed by atoms with Crippen LogP contribution in [0.1, 0.15) is 17.9 Å². The Morgan fingerprint density at radius 3 is 2.76 bits per heavy atom. The number of aromatic nitrogens is 2. The highest BCUT2D eigenvalue weighted by atomic mass is 32.2. The molecule has 110 valence electrons. The molecule has 2 heterocycles. The summed E-state index contributed by atoms with van der Waals surface area (Å²) in [5, 5.41) is 0. The van der Waals surface area contributed by atoms with Gasteiger partial charge < -0.3 is 15.2 Å². The van der Waals surface area contributed by atoms with Gasteiger partial charge in [0.15, 0.2) is 11.5 Å². The summed E-state index contributed by atoms with van der Waals surface area (Å²) in [5.41, 5.74) is 6.63. The van der Waals surface area contributed by atoms with Crippen LogP contribution < -0.4 is 15.2 Å². The number of hydrogen-bond acceptors (Lipinski definition) is 6. The number of nitrogen functional groups attached to an aromatic ring is 1. The van der Waals surface area contributed by atoms with E-state index < -0.39 is 0 Å². The molecule has 0 atom stereocenters. The van der Waals surface area contributed by atoms with Crippen LogP contribution in [0.5, 0.6) is 11.5 Å². The van der Waals surface area contributed by atoms with Crippen LogP contribution in [0.3, 0.4) is 0 Å². The molecule has 0 saturated carbocycles. The van der Waals surface area contributed by atoms with Gasteiger partial charge in [0, 0.05) is 23.1 Å². The predicted molar refractivity (Wildman–Crippen MR) is 82.8 cm³/mol. The summed E-state index contributed by atoms with van der Waals surface area (Å²) in [6, 6.07) is 7.75. The number of thioether (sulfide) groups is 1. The molecule has 1 aromatic heterocycles. The third-order valence-electron chi connectivity index (χ3n) is 3.01. The Labute approximate surface area is 127 Å². The molecule has 1 aromatic carbocycles. The van der Waals surface area contributed by atoms with E-state index in [0.717, 1.165) is 34.3 Å². The van der Waals surface area contributed by atoms with E-state index in [1.165, 1.54) is 0 Å². The van der Waals surface area contributed by atoms with Gasteiger partial charge in [-0.2, -0.15) is 0 Å². The molecule has 0 unspecified atom stereocenters. The highest BCUT2D eigenvalue weighted by Crippen LogP contribution is 2.34. The maximum Gasteiger partial charge on any atom is 0.162 e. The van der Waals surface area contributed by atoms with Gasteiger partial charge in [0.25, 0.3) is 0 Å². The van der Waals surface area contributed by atoms with Crippen molar-refractivity contribution in [3.63, 3.8) is 0 Å². The molecule has 2 N–H and O–H groups in total. The Hall–Kier alpha value is -1.95. The summed E-state index contributed by atoms with van der Waals surface area (Å²) < 4.78 is 11.3. The second kappa shape index (κ2) is 6.22. The fourth-order valence-electron chi connectivity index (χ4n) is 2.10. The van der Waals surface area contributed by atoms with Crippen LogP contribution in [0.4, 0.5) is 5.82 Å². The topological polar surface area (TPSA) is 70.3 Å². The Kier molecular flexibility index (Phi) is 4.15. The van der Waals surface area contributed by atoms with Crippen molar-refractivity contribution in [3.8, 4) is 11.5 Å². The highest BCUT2D eigenvalue weighted by Gasteiger charge is 2.11. The number of fused-ring (bicyclic) bond motifs is 1. The lowest BCUT2D eigenvalue weighted by molar-refractivity contribution is 0.297. The molecule has 0 amide bonds. The van der Waals surface area contributed by atoms with Crippen LogP contribution in [0.2, 0.25) is 0 Å². The van der Waals surface area contributed by atoms with Crippen molar-refractivity contribution >= 4 is 17.6 Å². The van der Waals surface area contributed by atoms with Crippen LogP contribution in [-0.2, 0) is 5.75 Å². The average Bonchev–Trinajstić information content (AvgIpc) is 2.68. The van der Waals surface area contributed by atoms with Crippen LogP contribution in [0, 0.1) is 6.92 Å². The zero-order chi connectivity index (χ0) is 14.7. The number of nitrogens with zero attached hydrogens (tertiary/aromatic N) is 2. The molecule has 0 radical (unpaired) electrons. The second-order valence-corrected chi connectivity index (χ2v) is 5.85. The largest absolute Gasteiger partial charge is 0.490 e. The zero-order valence-corrected chi connectivity index (χ0v) is 12.7. The van der Waals surface area contributed by atoms with Crippen LogP contribution >= 0.6 is 11.8 Å². The monoisotopic (exact) mass is 303 g/mol. The van der Waals surface area contributed by atoms with Crippen LogP contribution in [-0.4, -0.2) is 23.2 Å². The third-order valence-corrected chi connectivity index (χ3v) is 4.00. The minimum atomic E-state index is 0.511. The van der Waals surface area contributed by atoms with Gasteiger partial charge in [0.05, 0.1) is 19.0 Å². The van der Waals surface area contributed by atoms with Crippen LogP contribution in [0.25, 0.3) is 0 Å².